The molecular weight excluding hydrogens is 378 g/mol. The third-order valence-electron chi connectivity index (χ3n) is 5.25. The number of rotatable bonds is 6. The lowest BCUT2D eigenvalue weighted by molar-refractivity contribution is -0.0107. The third-order valence-corrected chi connectivity index (χ3v) is 5.25. The first-order valence-electron chi connectivity index (χ1n) is 10.6. The van der Waals surface area contributed by atoms with E-state index in [0.717, 1.165) is 25.2 Å². The summed E-state index contributed by atoms with van der Waals surface area (Å²) in [4.78, 5) is 21.8. The van der Waals surface area contributed by atoms with Crippen LogP contribution >= 0.6 is 0 Å². The molecule has 0 aliphatic carbocycles. The molecule has 0 saturated carbocycles. The molecule has 1 saturated heterocycles. The van der Waals surface area contributed by atoms with E-state index in [1.807, 2.05) is 50.1 Å². The first-order chi connectivity index (χ1) is 14.4. The molecule has 1 aliphatic heterocycles. The van der Waals surface area contributed by atoms with Crippen molar-refractivity contribution >= 4 is 6.09 Å². The van der Waals surface area contributed by atoms with Crippen LogP contribution in [0.2, 0.25) is 0 Å². The number of nitrogens with zero attached hydrogens (tertiary/aromatic N) is 3. The zero-order chi connectivity index (χ0) is 21.6. The SMILES string of the molecule is COCCC1CN(C(c2ccccc2)c2ccccn2)CCN1C(=O)OC(C)(C)C. The summed E-state index contributed by atoms with van der Waals surface area (Å²) < 4.78 is 11.0. The molecule has 0 N–H and O–H groups in total. The van der Waals surface area contributed by atoms with Crippen molar-refractivity contribution in [2.75, 3.05) is 33.4 Å². The van der Waals surface area contributed by atoms with Crippen LogP contribution in [-0.4, -0.2) is 65.9 Å². The maximum absolute atomic E-state index is 12.8. The number of benzene rings is 1. The van der Waals surface area contributed by atoms with Crippen LogP contribution in [-0.2, 0) is 9.47 Å². The predicted molar refractivity (Wildman–Crippen MR) is 117 cm³/mol. The van der Waals surface area contributed by atoms with Gasteiger partial charge in [0.2, 0.25) is 0 Å². The van der Waals surface area contributed by atoms with Gasteiger partial charge in [0.15, 0.2) is 0 Å². The van der Waals surface area contributed by atoms with E-state index >= 15 is 0 Å². The number of carbonyl (C=O) groups excluding carboxylic acids is 1. The van der Waals surface area contributed by atoms with E-state index in [4.69, 9.17) is 9.47 Å². The summed E-state index contributed by atoms with van der Waals surface area (Å²) in [6.45, 7) is 8.39. The Balaban J connectivity index is 1.85. The predicted octanol–water partition coefficient (Wildman–Crippen LogP) is 4.13. The highest BCUT2D eigenvalue weighted by Crippen LogP contribution is 2.30. The van der Waals surface area contributed by atoms with Gasteiger partial charge in [-0.05, 0) is 44.9 Å². The second-order valence-electron chi connectivity index (χ2n) is 8.67. The van der Waals surface area contributed by atoms with Gasteiger partial charge in [-0.25, -0.2) is 4.79 Å². The summed E-state index contributed by atoms with van der Waals surface area (Å²) in [5.74, 6) is 0. The lowest BCUT2D eigenvalue weighted by atomic mass is 9.98. The van der Waals surface area contributed by atoms with E-state index in [9.17, 15) is 4.79 Å². The summed E-state index contributed by atoms with van der Waals surface area (Å²) >= 11 is 0. The lowest BCUT2D eigenvalue weighted by Crippen LogP contribution is -2.57. The number of carbonyl (C=O) groups is 1. The maximum atomic E-state index is 12.8. The standard InChI is InChI=1S/C24H33N3O3/c1-24(2,3)30-23(28)27-16-15-26(18-20(27)13-17-29-4)22(19-10-6-5-7-11-19)21-12-8-9-14-25-21/h5-12,14,20,22H,13,15-18H2,1-4H3. The van der Waals surface area contributed by atoms with Crippen LogP contribution in [0.25, 0.3) is 0 Å². The molecule has 2 aromatic rings. The van der Waals surface area contributed by atoms with Gasteiger partial charge in [0.05, 0.1) is 17.8 Å². The van der Waals surface area contributed by atoms with Crippen molar-refractivity contribution in [1.29, 1.82) is 0 Å². The van der Waals surface area contributed by atoms with E-state index in [1.54, 1.807) is 7.11 Å². The lowest BCUT2D eigenvalue weighted by Gasteiger charge is -2.44. The average molecular weight is 412 g/mol. The maximum Gasteiger partial charge on any atom is 0.410 e. The van der Waals surface area contributed by atoms with E-state index < -0.39 is 5.60 Å². The van der Waals surface area contributed by atoms with Crippen molar-refractivity contribution in [3.05, 3.63) is 66.0 Å². The smallest absolute Gasteiger partial charge is 0.410 e. The fourth-order valence-electron chi connectivity index (χ4n) is 3.92. The van der Waals surface area contributed by atoms with Gasteiger partial charge in [-0.2, -0.15) is 0 Å². The van der Waals surface area contributed by atoms with Crippen LogP contribution in [0.1, 0.15) is 44.5 Å². The Morgan fingerprint density at radius 3 is 2.50 bits per heavy atom. The molecule has 30 heavy (non-hydrogen) atoms. The number of ether oxygens (including phenoxy) is 2. The van der Waals surface area contributed by atoms with Gasteiger partial charge in [0.1, 0.15) is 5.60 Å². The molecule has 1 aromatic heterocycles. The number of methoxy groups -OCH3 is 1. The van der Waals surface area contributed by atoms with Crippen molar-refractivity contribution in [2.45, 2.75) is 44.9 Å². The van der Waals surface area contributed by atoms with Gasteiger partial charge >= 0.3 is 6.09 Å². The number of piperazine rings is 1. The van der Waals surface area contributed by atoms with E-state index in [-0.39, 0.29) is 18.2 Å². The first kappa shape index (κ1) is 22.2. The van der Waals surface area contributed by atoms with Crippen LogP contribution in [0.4, 0.5) is 4.79 Å². The van der Waals surface area contributed by atoms with Crippen LogP contribution in [0.5, 0.6) is 0 Å². The molecule has 1 fully saturated rings. The zero-order valence-corrected chi connectivity index (χ0v) is 18.5. The normalized spacial score (nSPS) is 18.8. The molecule has 3 rings (SSSR count). The Morgan fingerprint density at radius 2 is 1.87 bits per heavy atom. The minimum absolute atomic E-state index is 0.0171. The summed E-state index contributed by atoms with van der Waals surface area (Å²) in [5.41, 5.74) is 1.70. The monoisotopic (exact) mass is 411 g/mol. The molecule has 2 atom stereocenters. The number of pyridine rings is 1. The number of aromatic nitrogens is 1. The van der Waals surface area contributed by atoms with Crippen molar-refractivity contribution < 1.29 is 14.3 Å². The highest BCUT2D eigenvalue weighted by atomic mass is 16.6. The van der Waals surface area contributed by atoms with Crippen LogP contribution < -0.4 is 0 Å². The average Bonchev–Trinajstić information content (AvgIpc) is 2.73. The molecule has 1 aliphatic rings. The van der Waals surface area contributed by atoms with Crippen molar-refractivity contribution in [3.63, 3.8) is 0 Å². The Bertz CT molecular complexity index is 753. The van der Waals surface area contributed by atoms with Gasteiger partial charge in [-0.15, -0.1) is 0 Å². The largest absolute Gasteiger partial charge is 0.444 e. The fourth-order valence-corrected chi connectivity index (χ4v) is 3.92. The molecule has 2 unspecified atom stereocenters. The second-order valence-corrected chi connectivity index (χ2v) is 8.67. The van der Waals surface area contributed by atoms with Gasteiger partial charge in [-0.3, -0.25) is 9.88 Å². The first-order valence-corrected chi connectivity index (χ1v) is 10.6. The number of hydrogen-bond acceptors (Lipinski definition) is 5. The van der Waals surface area contributed by atoms with Crippen LogP contribution in [0.3, 0.4) is 0 Å². The zero-order valence-electron chi connectivity index (χ0n) is 18.5. The highest BCUT2D eigenvalue weighted by Gasteiger charge is 2.36. The molecule has 6 nitrogen and oxygen atoms in total. The van der Waals surface area contributed by atoms with Gasteiger partial charge in [-0.1, -0.05) is 36.4 Å². The van der Waals surface area contributed by atoms with Gasteiger partial charge < -0.3 is 14.4 Å². The quantitative estimate of drug-likeness (QED) is 0.715. The summed E-state index contributed by atoms with van der Waals surface area (Å²) in [6.07, 6.45) is 2.35. The van der Waals surface area contributed by atoms with Crippen LogP contribution in [0, 0.1) is 0 Å². The summed E-state index contributed by atoms with van der Waals surface area (Å²) in [5, 5.41) is 0. The molecule has 1 amide bonds. The Labute approximate surface area is 179 Å². The summed E-state index contributed by atoms with van der Waals surface area (Å²) in [7, 11) is 1.69. The van der Waals surface area contributed by atoms with Gasteiger partial charge in [0.25, 0.3) is 0 Å². The second kappa shape index (κ2) is 10.0. The molecule has 1 aromatic carbocycles. The third kappa shape index (κ3) is 5.80. The van der Waals surface area contributed by atoms with Crippen molar-refractivity contribution in [3.8, 4) is 0 Å². The molecule has 0 spiro atoms. The minimum atomic E-state index is -0.513. The van der Waals surface area contributed by atoms with Gasteiger partial charge in [0, 0.05) is 39.5 Å². The molecule has 162 valence electrons. The van der Waals surface area contributed by atoms with E-state index in [0.29, 0.717) is 13.2 Å². The Hall–Kier alpha value is -2.44. The molecular formula is C24H33N3O3. The van der Waals surface area contributed by atoms with Crippen LogP contribution in [0.15, 0.2) is 54.7 Å². The van der Waals surface area contributed by atoms with Crippen molar-refractivity contribution in [1.82, 2.24) is 14.8 Å². The van der Waals surface area contributed by atoms with E-state index in [2.05, 4.69) is 40.2 Å². The molecule has 2 heterocycles. The number of amides is 1. The Morgan fingerprint density at radius 1 is 1.13 bits per heavy atom. The van der Waals surface area contributed by atoms with E-state index in [1.165, 1.54) is 5.56 Å². The number of hydrogen-bond donors (Lipinski definition) is 0. The molecule has 0 radical (unpaired) electrons. The Kier molecular flexibility index (Phi) is 7.45. The van der Waals surface area contributed by atoms with Crippen molar-refractivity contribution in [2.24, 2.45) is 0 Å². The minimum Gasteiger partial charge on any atom is -0.444 e. The molecule has 0 bridgehead atoms. The fraction of sp³-hybridized carbons (Fsp3) is 0.500. The topological polar surface area (TPSA) is 54.9 Å². The summed E-state index contributed by atoms with van der Waals surface area (Å²) in [6, 6.07) is 16.5. The highest BCUT2D eigenvalue weighted by molar-refractivity contribution is 5.68. The molecule has 6 heteroatoms.